The number of nitrogens with one attached hydrogen (secondary N) is 1. The molecule has 0 aliphatic carbocycles. The fourth-order valence-corrected chi connectivity index (χ4v) is 2.46. The summed E-state index contributed by atoms with van der Waals surface area (Å²) in [4.78, 5) is 18.0. The van der Waals surface area contributed by atoms with Crippen molar-refractivity contribution in [2.45, 2.75) is 18.9 Å². The predicted octanol–water partition coefficient (Wildman–Crippen LogP) is 1.86. The van der Waals surface area contributed by atoms with Crippen molar-refractivity contribution in [2.75, 3.05) is 25.0 Å². The van der Waals surface area contributed by atoms with Crippen LogP contribution < -0.4 is 11.1 Å². The normalized spacial score (nSPS) is 17.4. The van der Waals surface area contributed by atoms with Crippen LogP contribution in [0.15, 0.2) is 16.7 Å². The van der Waals surface area contributed by atoms with Crippen molar-refractivity contribution < 1.29 is 4.79 Å². The number of pyridine rings is 1. The monoisotopic (exact) mass is 346 g/mol. The van der Waals surface area contributed by atoms with Gasteiger partial charge in [-0.15, -0.1) is 0 Å². The number of likely N-dealkylation sites (tertiary alicyclic amines) is 1. The lowest BCUT2D eigenvalue weighted by atomic mass is 10.1. The van der Waals surface area contributed by atoms with E-state index in [1.807, 2.05) is 0 Å². The molecular formula is C12H16BrClN4O. The van der Waals surface area contributed by atoms with Crippen LogP contribution in [0.2, 0.25) is 5.15 Å². The number of hydrogen-bond donors (Lipinski definition) is 2. The van der Waals surface area contributed by atoms with E-state index in [0.29, 0.717) is 21.9 Å². The van der Waals surface area contributed by atoms with E-state index in [1.165, 1.54) is 6.20 Å². The summed E-state index contributed by atoms with van der Waals surface area (Å²) in [6.07, 6.45) is 3.43. The number of amides is 1. The van der Waals surface area contributed by atoms with Gasteiger partial charge in [0, 0.05) is 19.1 Å². The van der Waals surface area contributed by atoms with E-state index in [4.69, 9.17) is 17.3 Å². The van der Waals surface area contributed by atoms with Crippen molar-refractivity contribution in [3.63, 3.8) is 0 Å². The number of aromatic nitrogens is 1. The van der Waals surface area contributed by atoms with Gasteiger partial charge in [0.1, 0.15) is 5.15 Å². The van der Waals surface area contributed by atoms with Crippen LogP contribution in [-0.2, 0) is 4.79 Å². The fraction of sp³-hybridized carbons (Fsp3) is 0.500. The van der Waals surface area contributed by atoms with Gasteiger partial charge >= 0.3 is 0 Å². The molecule has 0 saturated carbocycles. The molecule has 19 heavy (non-hydrogen) atoms. The molecule has 7 heteroatoms. The largest absolute Gasteiger partial charge is 0.328 e. The van der Waals surface area contributed by atoms with Gasteiger partial charge in [-0.2, -0.15) is 0 Å². The highest BCUT2D eigenvalue weighted by Crippen LogP contribution is 2.22. The summed E-state index contributed by atoms with van der Waals surface area (Å²) < 4.78 is 0.663. The quantitative estimate of drug-likeness (QED) is 0.819. The number of nitrogens with zero attached hydrogens (tertiary/aromatic N) is 2. The molecular weight excluding hydrogens is 332 g/mol. The van der Waals surface area contributed by atoms with E-state index in [1.54, 1.807) is 6.07 Å². The number of carbonyl (C=O) groups is 1. The van der Waals surface area contributed by atoms with Crippen LogP contribution in [0.25, 0.3) is 0 Å². The van der Waals surface area contributed by atoms with Crippen LogP contribution in [0.3, 0.4) is 0 Å². The van der Waals surface area contributed by atoms with E-state index >= 15 is 0 Å². The maximum Gasteiger partial charge on any atom is 0.238 e. The van der Waals surface area contributed by atoms with Crippen LogP contribution >= 0.6 is 27.5 Å². The van der Waals surface area contributed by atoms with Crippen molar-refractivity contribution in [2.24, 2.45) is 5.73 Å². The Kier molecular flexibility index (Phi) is 5.15. The first-order chi connectivity index (χ1) is 9.04. The van der Waals surface area contributed by atoms with Crippen molar-refractivity contribution in [3.8, 4) is 0 Å². The van der Waals surface area contributed by atoms with Crippen molar-refractivity contribution in [1.82, 2.24) is 9.88 Å². The second kappa shape index (κ2) is 6.65. The summed E-state index contributed by atoms with van der Waals surface area (Å²) in [5.74, 6) is -0.0495. The Morgan fingerprint density at radius 2 is 2.26 bits per heavy atom. The third kappa shape index (κ3) is 4.42. The van der Waals surface area contributed by atoms with Crippen molar-refractivity contribution in [1.29, 1.82) is 0 Å². The minimum Gasteiger partial charge on any atom is -0.328 e. The fourth-order valence-electron chi connectivity index (χ4n) is 2.00. The molecule has 1 aliphatic heterocycles. The molecule has 1 fully saturated rings. The van der Waals surface area contributed by atoms with E-state index in [9.17, 15) is 4.79 Å². The van der Waals surface area contributed by atoms with Crippen LogP contribution in [-0.4, -0.2) is 41.5 Å². The zero-order chi connectivity index (χ0) is 13.8. The Bertz CT molecular complexity index is 463. The van der Waals surface area contributed by atoms with Crippen LogP contribution in [0.5, 0.6) is 0 Å². The van der Waals surface area contributed by atoms with Crippen LogP contribution in [0.4, 0.5) is 5.69 Å². The maximum absolute atomic E-state index is 11.9. The van der Waals surface area contributed by atoms with Gasteiger partial charge < -0.3 is 11.1 Å². The van der Waals surface area contributed by atoms with Crippen molar-refractivity contribution >= 4 is 39.1 Å². The number of halogens is 2. The van der Waals surface area contributed by atoms with E-state index < -0.39 is 0 Å². The number of hydrogen-bond acceptors (Lipinski definition) is 4. The Hall–Kier alpha value is -0.690. The summed E-state index contributed by atoms with van der Waals surface area (Å²) in [5.41, 5.74) is 6.46. The Labute approximate surface area is 125 Å². The summed E-state index contributed by atoms with van der Waals surface area (Å²) in [5, 5.41) is 3.18. The van der Waals surface area contributed by atoms with Gasteiger partial charge in [-0.3, -0.25) is 9.69 Å². The second-order valence-electron chi connectivity index (χ2n) is 4.66. The molecule has 5 nitrogen and oxygen atoms in total. The van der Waals surface area contributed by atoms with Gasteiger partial charge in [0.2, 0.25) is 5.91 Å². The molecule has 2 heterocycles. The maximum atomic E-state index is 11.9. The summed E-state index contributed by atoms with van der Waals surface area (Å²) in [7, 11) is 0. The highest BCUT2D eigenvalue weighted by Gasteiger charge is 2.18. The molecule has 1 amide bonds. The molecule has 2 rings (SSSR count). The lowest BCUT2D eigenvalue weighted by molar-refractivity contribution is -0.117. The summed E-state index contributed by atoms with van der Waals surface area (Å²) in [6.45, 7) is 2.13. The second-order valence-corrected chi connectivity index (χ2v) is 5.87. The number of carbonyl (C=O) groups excluding carboxylic acids is 1. The smallest absolute Gasteiger partial charge is 0.238 e. The van der Waals surface area contributed by atoms with Gasteiger partial charge in [0.15, 0.2) is 0 Å². The topological polar surface area (TPSA) is 71.2 Å². The first kappa shape index (κ1) is 14.7. The zero-order valence-corrected chi connectivity index (χ0v) is 12.7. The van der Waals surface area contributed by atoms with Gasteiger partial charge in [-0.1, -0.05) is 11.6 Å². The summed E-state index contributed by atoms with van der Waals surface area (Å²) >= 11 is 9.07. The first-order valence-corrected chi connectivity index (χ1v) is 7.30. The molecule has 104 valence electrons. The minimum atomic E-state index is -0.0495. The van der Waals surface area contributed by atoms with E-state index in [0.717, 1.165) is 25.9 Å². The Balaban J connectivity index is 1.85. The standard InChI is InChI=1S/C12H16BrClN4O/c13-10-5-9(6-16-12(10)14)17-11(19)7-18-3-1-8(15)2-4-18/h5-6,8H,1-4,7,15H2,(H,17,19). The molecule has 3 N–H and O–H groups in total. The van der Waals surface area contributed by atoms with Crippen LogP contribution in [0.1, 0.15) is 12.8 Å². The number of nitrogens with two attached hydrogens (primary N) is 1. The molecule has 0 spiro atoms. The van der Waals surface area contributed by atoms with Crippen molar-refractivity contribution in [3.05, 3.63) is 21.9 Å². The van der Waals surface area contributed by atoms with Gasteiger partial charge in [-0.05, 0) is 34.8 Å². The molecule has 0 radical (unpaired) electrons. The number of rotatable bonds is 3. The number of anilines is 1. The summed E-state index contributed by atoms with van der Waals surface area (Å²) in [6, 6.07) is 2.01. The highest BCUT2D eigenvalue weighted by molar-refractivity contribution is 9.10. The molecule has 0 aromatic carbocycles. The molecule has 1 saturated heterocycles. The number of piperidine rings is 1. The molecule has 0 unspecified atom stereocenters. The van der Waals surface area contributed by atoms with E-state index in [2.05, 4.69) is 31.1 Å². The molecule has 0 bridgehead atoms. The highest BCUT2D eigenvalue weighted by atomic mass is 79.9. The SMILES string of the molecule is NC1CCN(CC(=O)Nc2cnc(Cl)c(Br)c2)CC1. The third-order valence-electron chi connectivity index (χ3n) is 3.08. The first-order valence-electron chi connectivity index (χ1n) is 6.13. The average molecular weight is 348 g/mol. The minimum absolute atomic E-state index is 0.0495. The zero-order valence-electron chi connectivity index (χ0n) is 10.4. The Morgan fingerprint density at radius 1 is 1.58 bits per heavy atom. The molecule has 1 aliphatic rings. The molecule has 1 aromatic heterocycles. The van der Waals surface area contributed by atoms with Gasteiger partial charge in [-0.25, -0.2) is 4.98 Å². The molecule has 1 aromatic rings. The molecule has 0 atom stereocenters. The van der Waals surface area contributed by atoms with E-state index in [-0.39, 0.29) is 11.9 Å². The van der Waals surface area contributed by atoms with Gasteiger partial charge in [0.25, 0.3) is 0 Å². The Morgan fingerprint density at radius 3 is 2.89 bits per heavy atom. The lowest BCUT2D eigenvalue weighted by Gasteiger charge is -2.29. The lowest BCUT2D eigenvalue weighted by Crippen LogP contribution is -2.43. The predicted molar refractivity (Wildman–Crippen MR) is 79.2 cm³/mol. The van der Waals surface area contributed by atoms with Gasteiger partial charge in [0.05, 0.1) is 22.9 Å². The average Bonchev–Trinajstić information content (AvgIpc) is 2.37. The third-order valence-corrected chi connectivity index (χ3v) is 4.21. The van der Waals surface area contributed by atoms with Crippen LogP contribution in [0, 0.1) is 0 Å².